The van der Waals surface area contributed by atoms with E-state index in [0.717, 1.165) is 16.8 Å². The maximum Gasteiger partial charge on any atom is 0.0694 e. The Balaban J connectivity index is 2.47. The summed E-state index contributed by atoms with van der Waals surface area (Å²) in [5, 5.41) is 4.11. The van der Waals surface area contributed by atoms with Gasteiger partial charge in [-0.25, -0.2) is 0 Å². The van der Waals surface area contributed by atoms with Crippen LogP contribution in [0.2, 0.25) is 0 Å². The van der Waals surface area contributed by atoms with Crippen LogP contribution >= 0.6 is 0 Å². The molecule has 2 aromatic rings. The van der Waals surface area contributed by atoms with E-state index in [0.29, 0.717) is 6.54 Å². The summed E-state index contributed by atoms with van der Waals surface area (Å²) in [7, 11) is 1.91. The van der Waals surface area contributed by atoms with Gasteiger partial charge < -0.3 is 5.73 Å². The summed E-state index contributed by atoms with van der Waals surface area (Å²) in [5.74, 6) is 0. The summed E-state index contributed by atoms with van der Waals surface area (Å²) in [6.07, 6.45) is 5.36. The van der Waals surface area contributed by atoms with Gasteiger partial charge in [0, 0.05) is 37.7 Å². The van der Waals surface area contributed by atoms with Crippen LogP contribution in [-0.2, 0) is 13.6 Å². The van der Waals surface area contributed by atoms with Crippen molar-refractivity contribution in [2.75, 3.05) is 0 Å². The Bertz CT molecular complexity index is 433. The third-order valence-electron chi connectivity index (χ3n) is 2.15. The van der Waals surface area contributed by atoms with E-state index in [1.807, 2.05) is 30.1 Å². The zero-order valence-corrected chi connectivity index (χ0v) is 8.01. The predicted octanol–water partition coefficient (Wildman–Crippen LogP) is 0.941. The van der Waals surface area contributed by atoms with E-state index in [1.165, 1.54) is 0 Å². The number of hydrogen-bond donors (Lipinski definition) is 1. The van der Waals surface area contributed by atoms with Crippen molar-refractivity contribution in [3.63, 3.8) is 0 Å². The Morgan fingerprint density at radius 2 is 2.29 bits per heavy atom. The zero-order chi connectivity index (χ0) is 9.97. The molecule has 0 radical (unpaired) electrons. The van der Waals surface area contributed by atoms with Crippen LogP contribution in [0.5, 0.6) is 0 Å². The second kappa shape index (κ2) is 3.59. The highest BCUT2D eigenvalue weighted by Crippen LogP contribution is 2.17. The first-order valence-corrected chi connectivity index (χ1v) is 4.43. The molecule has 2 aromatic heterocycles. The molecule has 72 valence electrons. The standard InChI is InChI=1S/C10H12N4/c1-14-10(2-3-13-14)9-4-8(5-11)6-12-7-9/h2-4,6-7H,5,11H2,1H3. The maximum absolute atomic E-state index is 5.55. The molecule has 0 spiro atoms. The smallest absolute Gasteiger partial charge is 0.0694 e. The molecular formula is C10H12N4. The molecule has 0 atom stereocenters. The first-order chi connectivity index (χ1) is 6.81. The van der Waals surface area contributed by atoms with Gasteiger partial charge >= 0.3 is 0 Å². The minimum Gasteiger partial charge on any atom is -0.326 e. The van der Waals surface area contributed by atoms with Crippen LogP contribution < -0.4 is 5.73 Å². The summed E-state index contributed by atoms with van der Waals surface area (Å²) in [6.45, 7) is 0.513. The minimum absolute atomic E-state index is 0.513. The second-order valence-corrected chi connectivity index (χ2v) is 3.13. The molecule has 0 aromatic carbocycles. The van der Waals surface area contributed by atoms with E-state index in [2.05, 4.69) is 10.1 Å². The molecule has 2 rings (SSSR count). The van der Waals surface area contributed by atoms with Crippen LogP contribution in [0.25, 0.3) is 11.3 Å². The van der Waals surface area contributed by atoms with Crippen LogP contribution in [0.1, 0.15) is 5.56 Å². The van der Waals surface area contributed by atoms with Gasteiger partial charge in [0.25, 0.3) is 0 Å². The van der Waals surface area contributed by atoms with Crippen LogP contribution in [0.3, 0.4) is 0 Å². The molecule has 0 aliphatic carbocycles. The molecule has 0 amide bonds. The SMILES string of the molecule is Cn1nccc1-c1cncc(CN)c1. The zero-order valence-electron chi connectivity index (χ0n) is 8.01. The van der Waals surface area contributed by atoms with Crippen molar-refractivity contribution in [3.8, 4) is 11.3 Å². The van der Waals surface area contributed by atoms with E-state index in [1.54, 1.807) is 12.4 Å². The van der Waals surface area contributed by atoms with Crippen molar-refractivity contribution in [3.05, 3.63) is 36.3 Å². The van der Waals surface area contributed by atoms with E-state index in [-0.39, 0.29) is 0 Å². The van der Waals surface area contributed by atoms with Gasteiger partial charge in [-0.05, 0) is 17.7 Å². The predicted molar refractivity (Wildman–Crippen MR) is 54.3 cm³/mol. The van der Waals surface area contributed by atoms with Crippen molar-refractivity contribution in [1.29, 1.82) is 0 Å². The van der Waals surface area contributed by atoms with Gasteiger partial charge in [-0.2, -0.15) is 5.10 Å². The Hall–Kier alpha value is -1.68. The Kier molecular flexibility index (Phi) is 2.28. The number of nitrogens with zero attached hydrogens (tertiary/aromatic N) is 3. The Morgan fingerprint density at radius 3 is 2.93 bits per heavy atom. The second-order valence-electron chi connectivity index (χ2n) is 3.13. The van der Waals surface area contributed by atoms with Gasteiger partial charge in [-0.15, -0.1) is 0 Å². The first-order valence-electron chi connectivity index (χ1n) is 4.43. The molecular weight excluding hydrogens is 176 g/mol. The molecule has 14 heavy (non-hydrogen) atoms. The molecule has 4 heteroatoms. The van der Waals surface area contributed by atoms with Gasteiger partial charge in [0.05, 0.1) is 5.69 Å². The van der Waals surface area contributed by atoms with Crippen LogP contribution in [0.15, 0.2) is 30.7 Å². The topological polar surface area (TPSA) is 56.7 Å². The number of rotatable bonds is 2. The Morgan fingerprint density at radius 1 is 1.43 bits per heavy atom. The lowest BCUT2D eigenvalue weighted by atomic mass is 10.1. The third-order valence-corrected chi connectivity index (χ3v) is 2.15. The summed E-state index contributed by atoms with van der Waals surface area (Å²) in [5.41, 5.74) is 8.68. The van der Waals surface area contributed by atoms with Gasteiger partial charge in [0.15, 0.2) is 0 Å². The molecule has 2 heterocycles. The van der Waals surface area contributed by atoms with E-state index in [4.69, 9.17) is 5.73 Å². The quantitative estimate of drug-likeness (QED) is 0.763. The van der Waals surface area contributed by atoms with Gasteiger partial charge in [0.2, 0.25) is 0 Å². The average molecular weight is 188 g/mol. The monoisotopic (exact) mass is 188 g/mol. The van der Waals surface area contributed by atoms with Crippen molar-refractivity contribution < 1.29 is 0 Å². The summed E-state index contributed by atoms with van der Waals surface area (Å²) < 4.78 is 1.82. The number of nitrogens with two attached hydrogens (primary N) is 1. The fourth-order valence-corrected chi connectivity index (χ4v) is 1.40. The van der Waals surface area contributed by atoms with E-state index < -0.39 is 0 Å². The molecule has 0 fully saturated rings. The molecule has 0 saturated carbocycles. The summed E-state index contributed by atoms with van der Waals surface area (Å²) in [6, 6.07) is 3.99. The fraction of sp³-hybridized carbons (Fsp3) is 0.200. The highest BCUT2D eigenvalue weighted by molar-refractivity contribution is 5.58. The van der Waals surface area contributed by atoms with Gasteiger partial charge in [-0.3, -0.25) is 9.67 Å². The molecule has 4 nitrogen and oxygen atoms in total. The van der Waals surface area contributed by atoms with Crippen molar-refractivity contribution >= 4 is 0 Å². The van der Waals surface area contributed by atoms with Crippen LogP contribution in [0.4, 0.5) is 0 Å². The van der Waals surface area contributed by atoms with E-state index >= 15 is 0 Å². The number of pyridine rings is 1. The highest BCUT2D eigenvalue weighted by Gasteiger charge is 2.02. The number of hydrogen-bond acceptors (Lipinski definition) is 3. The van der Waals surface area contributed by atoms with Crippen LogP contribution in [0, 0.1) is 0 Å². The summed E-state index contributed by atoms with van der Waals surface area (Å²) >= 11 is 0. The van der Waals surface area contributed by atoms with Gasteiger partial charge in [0.1, 0.15) is 0 Å². The minimum atomic E-state index is 0.513. The highest BCUT2D eigenvalue weighted by atomic mass is 15.3. The lowest BCUT2D eigenvalue weighted by molar-refractivity contribution is 0.775. The van der Waals surface area contributed by atoms with Crippen molar-refractivity contribution in [2.45, 2.75) is 6.54 Å². The molecule has 0 unspecified atom stereocenters. The first kappa shape index (κ1) is 8.90. The molecule has 2 N–H and O–H groups in total. The lowest BCUT2D eigenvalue weighted by Crippen LogP contribution is -1.99. The van der Waals surface area contributed by atoms with Crippen LogP contribution in [-0.4, -0.2) is 14.8 Å². The lowest BCUT2D eigenvalue weighted by Gasteiger charge is -2.03. The fourth-order valence-electron chi connectivity index (χ4n) is 1.40. The molecule has 0 aliphatic heterocycles. The maximum atomic E-state index is 5.55. The molecule has 0 bridgehead atoms. The number of aryl methyl sites for hydroxylation is 1. The summed E-state index contributed by atoms with van der Waals surface area (Å²) in [4.78, 5) is 4.13. The van der Waals surface area contributed by atoms with Gasteiger partial charge in [-0.1, -0.05) is 0 Å². The van der Waals surface area contributed by atoms with E-state index in [9.17, 15) is 0 Å². The normalized spacial score (nSPS) is 10.4. The Labute approximate surface area is 82.4 Å². The molecule has 0 aliphatic rings. The van der Waals surface area contributed by atoms with Crippen molar-refractivity contribution in [2.24, 2.45) is 12.8 Å². The van der Waals surface area contributed by atoms with Crippen molar-refractivity contribution in [1.82, 2.24) is 14.8 Å². The number of aromatic nitrogens is 3. The largest absolute Gasteiger partial charge is 0.326 e. The average Bonchev–Trinajstić information content (AvgIpc) is 2.65. The third kappa shape index (κ3) is 1.52. The molecule has 0 saturated heterocycles.